The maximum atomic E-state index is 11.2. The topological polar surface area (TPSA) is 78.6 Å². The first-order valence-corrected chi connectivity index (χ1v) is 9.24. The molecule has 4 atom stereocenters. The molecule has 0 amide bonds. The Morgan fingerprint density at radius 2 is 2.20 bits per heavy atom. The molecule has 1 aliphatic rings. The maximum absolute atomic E-state index is 11.2. The molecule has 132 valence electrons. The number of fused-ring (bicyclic) bond motifs is 1. The van der Waals surface area contributed by atoms with Crippen molar-refractivity contribution in [3.63, 3.8) is 0 Å². The van der Waals surface area contributed by atoms with Crippen LogP contribution in [-0.4, -0.2) is 59.0 Å². The molecule has 3 heterocycles. The molecule has 0 spiro atoms. The first-order chi connectivity index (χ1) is 11.9. The molecule has 2 radical (unpaired) electrons. The highest BCUT2D eigenvalue weighted by Gasteiger charge is 2.54. The average molecular weight is 475 g/mol. The SMILES string of the molecule is C[B]OCC1OC(n2cc(I)c3c(Cl)ncnc32)C(C)(O)C1O[B]C. The summed E-state index contributed by atoms with van der Waals surface area (Å²) in [6.07, 6.45) is 1.49. The van der Waals surface area contributed by atoms with E-state index >= 15 is 0 Å². The Morgan fingerprint density at radius 3 is 2.88 bits per heavy atom. The monoisotopic (exact) mass is 475 g/mol. The lowest BCUT2D eigenvalue weighted by Crippen LogP contribution is -2.46. The predicted molar refractivity (Wildman–Crippen MR) is 104 cm³/mol. The summed E-state index contributed by atoms with van der Waals surface area (Å²) < 4.78 is 19.8. The van der Waals surface area contributed by atoms with E-state index < -0.39 is 24.0 Å². The second kappa shape index (κ2) is 7.69. The smallest absolute Gasteiger partial charge is 0.289 e. The molecule has 3 rings (SSSR count). The summed E-state index contributed by atoms with van der Waals surface area (Å²) in [4.78, 5) is 8.34. The lowest BCUT2D eigenvalue weighted by molar-refractivity contribution is -0.0916. The summed E-state index contributed by atoms with van der Waals surface area (Å²) >= 11 is 8.37. The normalized spacial score (nSPS) is 29.3. The highest BCUT2D eigenvalue weighted by Crippen LogP contribution is 2.42. The highest BCUT2D eigenvalue weighted by molar-refractivity contribution is 14.1. The van der Waals surface area contributed by atoms with E-state index in [-0.39, 0.29) is 6.61 Å². The Labute approximate surface area is 166 Å². The van der Waals surface area contributed by atoms with Gasteiger partial charge in [0, 0.05) is 9.77 Å². The van der Waals surface area contributed by atoms with Crippen molar-refractivity contribution in [3.8, 4) is 0 Å². The lowest BCUT2D eigenvalue weighted by Gasteiger charge is -2.30. The van der Waals surface area contributed by atoms with Gasteiger partial charge in [-0.25, -0.2) is 9.97 Å². The Hall–Kier alpha value is -0.390. The minimum Gasteiger partial charge on any atom is -0.438 e. The number of aromatic nitrogens is 3. The van der Waals surface area contributed by atoms with Gasteiger partial charge in [0.1, 0.15) is 34.9 Å². The molecule has 0 saturated carbocycles. The van der Waals surface area contributed by atoms with Crippen LogP contribution >= 0.6 is 34.2 Å². The Bertz CT molecular complexity index is 763. The van der Waals surface area contributed by atoms with Gasteiger partial charge < -0.3 is 23.7 Å². The van der Waals surface area contributed by atoms with Crippen molar-refractivity contribution in [3.05, 3.63) is 21.2 Å². The van der Waals surface area contributed by atoms with Gasteiger partial charge in [-0.05, 0) is 29.5 Å². The number of aliphatic hydroxyl groups is 1. The first kappa shape index (κ1) is 19.4. The first-order valence-electron chi connectivity index (χ1n) is 7.78. The van der Waals surface area contributed by atoms with Crippen molar-refractivity contribution in [2.24, 2.45) is 0 Å². The number of ether oxygens (including phenoxy) is 1. The largest absolute Gasteiger partial charge is 0.438 e. The van der Waals surface area contributed by atoms with E-state index in [0.717, 1.165) is 8.96 Å². The molecule has 1 saturated heterocycles. The van der Waals surface area contributed by atoms with Crippen LogP contribution in [0.5, 0.6) is 0 Å². The molecule has 11 heteroatoms. The molecular formula is C14H17B2ClIN3O4. The second-order valence-electron chi connectivity index (χ2n) is 5.86. The van der Waals surface area contributed by atoms with Gasteiger partial charge in [-0.15, -0.1) is 0 Å². The third kappa shape index (κ3) is 3.44. The van der Waals surface area contributed by atoms with Gasteiger partial charge in [0.05, 0.1) is 12.0 Å². The van der Waals surface area contributed by atoms with E-state index in [2.05, 4.69) is 32.6 Å². The van der Waals surface area contributed by atoms with E-state index in [1.807, 2.05) is 6.20 Å². The van der Waals surface area contributed by atoms with E-state index in [1.165, 1.54) is 6.33 Å². The van der Waals surface area contributed by atoms with E-state index in [1.54, 1.807) is 40.1 Å². The van der Waals surface area contributed by atoms with Crippen molar-refractivity contribution in [1.29, 1.82) is 0 Å². The third-order valence-corrected chi connectivity index (χ3v) is 5.30. The van der Waals surface area contributed by atoms with Crippen LogP contribution in [0.25, 0.3) is 11.0 Å². The number of hydrogen-bond acceptors (Lipinski definition) is 6. The molecule has 1 fully saturated rings. The van der Waals surface area contributed by atoms with E-state index in [4.69, 9.17) is 25.6 Å². The van der Waals surface area contributed by atoms with E-state index in [0.29, 0.717) is 10.8 Å². The molecule has 4 unspecified atom stereocenters. The Morgan fingerprint density at radius 1 is 1.44 bits per heavy atom. The van der Waals surface area contributed by atoms with Gasteiger partial charge in [-0.1, -0.05) is 25.2 Å². The molecule has 25 heavy (non-hydrogen) atoms. The van der Waals surface area contributed by atoms with Crippen molar-refractivity contribution in [2.45, 2.75) is 44.6 Å². The number of hydrogen-bond donors (Lipinski definition) is 1. The summed E-state index contributed by atoms with van der Waals surface area (Å²) in [5.74, 6) is 0. The minimum atomic E-state index is -1.30. The van der Waals surface area contributed by atoms with Gasteiger partial charge in [-0.2, -0.15) is 0 Å². The van der Waals surface area contributed by atoms with Crippen LogP contribution < -0.4 is 0 Å². The fraction of sp³-hybridized carbons (Fsp3) is 0.571. The predicted octanol–water partition coefficient (Wildman–Crippen LogP) is 2.07. The molecule has 2 aromatic rings. The van der Waals surface area contributed by atoms with Crippen LogP contribution in [0.2, 0.25) is 18.8 Å². The summed E-state index contributed by atoms with van der Waals surface area (Å²) in [6, 6.07) is 0. The molecule has 0 aliphatic carbocycles. The number of nitrogens with zero attached hydrogens (tertiary/aromatic N) is 3. The molecule has 0 aromatic carbocycles. The zero-order valence-electron chi connectivity index (χ0n) is 14.0. The van der Waals surface area contributed by atoms with Crippen LogP contribution in [0, 0.1) is 3.57 Å². The Balaban J connectivity index is 2.03. The summed E-state index contributed by atoms with van der Waals surface area (Å²) in [6.45, 7) is 5.50. The standard InChI is InChI=1S/C14H17B2ClIN3O4/c1-14(22)10(25-16-3)8(5-23-15-2)24-13(14)21-4-7(18)9-11(17)19-6-20-12(9)21/h4,6,8,10,13,22H,5H2,1-3H3. The highest BCUT2D eigenvalue weighted by atomic mass is 127. The lowest BCUT2D eigenvalue weighted by atomic mass is 9.93. The number of halogens is 2. The van der Waals surface area contributed by atoms with Gasteiger partial charge in [0.25, 0.3) is 15.0 Å². The van der Waals surface area contributed by atoms with E-state index in [9.17, 15) is 5.11 Å². The molecule has 7 nitrogen and oxygen atoms in total. The molecule has 2 aromatic heterocycles. The van der Waals surface area contributed by atoms with Crippen LogP contribution in [-0.2, 0) is 14.0 Å². The average Bonchev–Trinajstić information content (AvgIpc) is 3.02. The van der Waals surface area contributed by atoms with Crippen molar-refractivity contribution in [2.75, 3.05) is 6.61 Å². The zero-order chi connectivity index (χ0) is 18.2. The zero-order valence-corrected chi connectivity index (χ0v) is 16.9. The molecule has 1 aliphatic heterocycles. The van der Waals surface area contributed by atoms with Crippen LogP contribution in [0.3, 0.4) is 0 Å². The summed E-state index contributed by atoms with van der Waals surface area (Å²) in [5, 5.41) is 12.3. The van der Waals surface area contributed by atoms with Gasteiger partial charge in [0.15, 0.2) is 6.23 Å². The fourth-order valence-electron chi connectivity index (χ4n) is 3.11. The summed E-state index contributed by atoms with van der Waals surface area (Å²) in [7, 11) is 3.13. The number of rotatable bonds is 6. The van der Waals surface area contributed by atoms with Crippen LogP contribution in [0.4, 0.5) is 0 Å². The minimum absolute atomic E-state index is 0.272. The molecule has 1 N–H and O–H groups in total. The van der Waals surface area contributed by atoms with Gasteiger partial charge in [-0.3, -0.25) is 0 Å². The van der Waals surface area contributed by atoms with Crippen LogP contribution in [0.15, 0.2) is 12.5 Å². The second-order valence-corrected chi connectivity index (χ2v) is 7.38. The third-order valence-electron chi connectivity index (χ3n) is 4.20. The van der Waals surface area contributed by atoms with Crippen LogP contribution in [0.1, 0.15) is 13.2 Å². The quantitative estimate of drug-likeness (QED) is 0.392. The van der Waals surface area contributed by atoms with Crippen molar-refractivity contribution in [1.82, 2.24) is 14.5 Å². The van der Waals surface area contributed by atoms with Crippen molar-refractivity contribution < 1.29 is 19.2 Å². The Kier molecular flexibility index (Phi) is 5.96. The molecule has 0 bridgehead atoms. The summed E-state index contributed by atoms with van der Waals surface area (Å²) in [5.41, 5.74) is -0.710. The van der Waals surface area contributed by atoms with Crippen molar-refractivity contribution >= 4 is 60.2 Å². The van der Waals surface area contributed by atoms with Gasteiger partial charge in [0.2, 0.25) is 0 Å². The fourth-order valence-corrected chi connectivity index (χ4v) is 4.30. The molecular weight excluding hydrogens is 458 g/mol. The van der Waals surface area contributed by atoms with Gasteiger partial charge >= 0.3 is 0 Å². The maximum Gasteiger partial charge on any atom is 0.289 e.